The molecule has 0 bridgehead atoms. The quantitative estimate of drug-likeness (QED) is 0.576. The largest absolute Gasteiger partial charge is 0.497 e. The number of para-hydroxylation sites is 1. The molecule has 0 radical (unpaired) electrons. The highest BCUT2D eigenvalue weighted by Crippen LogP contribution is 2.33. The Morgan fingerprint density at radius 1 is 1.07 bits per heavy atom. The lowest BCUT2D eigenvalue weighted by atomic mass is 10.2. The molecule has 3 rings (SSSR count). The molecular weight excluding hydrogens is 384 g/mol. The Bertz CT molecular complexity index is 1010. The third-order valence-electron chi connectivity index (χ3n) is 4.04. The average Bonchev–Trinajstić information content (AvgIpc) is 3.07. The van der Waals surface area contributed by atoms with Gasteiger partial charge in [0.1, 0.15) is 22.8 Å². The number of nitrogens with one attached hydrogen (secondary N) is 2. The fourth-order valence-electron chi connectivity index (χ4n) is 2.70. The van der Waals surface area contributed by atoms with E-state index in [4.69, 9.17) is 25.5 Å². The number of furan rings is 1. The van der Waals surface area contributed by atoms with Crippen molar-refractivity contribution in [3.05, 3.63) is 48.2 Å². The molecule has 0 spiro atoms. The first-order valence-corrected chi connectivity index (χ1v) is 9.01. The van der Waals surface area contributed by atoms with E-state index < -0.39 is 5.91 Å². The van der Waals surface area contributed by atoms with Crippen molar-refractivity contribution >= 4 is 45.8 Å². The molecule has 8 heteroatoms. The molecule has 0 fully saturated rings. The van der Waals surface area contributed by atoms with Crippen molar-refractivity contribution < 1.29 is 23.5 Å². The van der Waals surface area contributed by atoms with Gasteiger partial charge in [-0.1, -0.05) is 12.1 Å². The minimum absolute atomic E-state index is 0.0120. The fraction of sp³-hybridized carbons (Fsp3) is 0.200. The third kappa shape index (κ3) is 4.04. The van der Waals surface area contributed by atoms with Crippen LogP contribution in [0.5, 0.6) is 11.5 Å². The highest BCUT2D eigenvalue weighted by molar-refractivity contribution is 6.20. The maximum absolute atomic E-state index is 12.9. The zero-order valence-electron chi connectivity index (χ0n) is 15.4. The van der Waals surface area contributed by atoms with Gasteiger partial charge in [-0.2, -0.15) is 0 Å². The number of benzene rings is 2. The van der Waals surface area contributed by atoms with Crippen LogP contribution in [0.25, 0.3) is 11.0 Å². The van der Waals surface area contributed by atoms with Gasteiger partial charge in [0.25, 0.3) is 5.91 Å². The van der Waals surface area contributed by atoms with Crippen LogP contribution in [0, 0.1) is 0 Å². The van der Waals surface area contributed by atoms with Crippen molar-refractivity contribution in [1.82, 2.24) is 0 Å². The normalized spacial score (nSPS) is 10.5. The number of anilines is 2. The van der Waals surface area contributed by atoms with E-state index in [1.165, 1.54) is 14.2 Å². The molecular formula is C20H19ClN2O5. The standard InChI is InChI=1S/C20H19ClN2O5/c1-26-12-7-8-14(16(11-12)27-2)22-20(25)19-18(23-17(24)9-10-21)13-5-3-4-6-15(13)28-19/h3-8,11H,9-10H2,1-2H3,(H,22,25)(H,23,24). The van der Waals surface area contributed by atoms with E-state index in [9.17, 15) is 9.59 Å². The van der Waals surface area contributed by atoms with Gasteiger partial charge in [0.2, 0.25) is 11.7 Å². The second-order valence-corrected chi connectivity index (χ2v) is 6.19. The Labute approximate surface area is 166 Å². The van der Waals surface area contributed by atoms with E-state index in [0.717, 1.165) is 0 Å². The summed E-state index contributed by atoms with van der Waals surface area (Å²) in [7, 11) is 3.03. The number of hydrogen-bond acceptors (Lipinski definition) is 5. The molecule has 28 heavy (non-hydrogen) atoms. The van der Waals surface area contributed by atoms with Crippen LogP contribution in [0.3, 0.4) is 0 Å². The maximum Gasteiger partial charge on any atom is 0.293 e. The molecule has 1 heterocycles. The molecule has 0 unspecified atom stereocenters. The number of carbonyl (C=O) groups excluding carboxylic acids is 2. The summed E-state index contributed by atoms with van der Waals surface area (Å²) in [6, 6.07) is 12.1. The second kappa shape index (κ2) is 8.67. The van der Waals surface area contributed by atoms with Crippen LogP contribution in [0.2, 0.25) is 0 Å². The van der Waals surface area contributed by atoms with Crippen molar-refractivity contribution in [3.8, 4) is 11.5 Å². The van der Waals surface area contributed by atoms with Gasteiger partial charge >= 0.3 is 0 Å². The van der Waals surface area contributed by atoms with Crippen LogP contribution in [0.1, 0.15) is 17.0 Å². The minimum atomic E-state index is -0.527. The number of amides is 2. The lowest BCUT2D eigenvalue weighted by Crippen LogP contribution is -2.17. The highest BCUT2D eigenvalue weighted by Gasteiger charge is 2.23. The van der Waals surface area contributed by atoms with Crippen LogP contribution in [-0.4, -0.2) is 31.9 Å². The van der Waals surface area contributed by atoms with E-state index in [1.807, 2.05) is 0 Å². The van der Waals surface area contributed by atoms with Gasteiger partial charge in [-0.3, -0.25) is 9.59 Å². The molecule has 0 atom stereocenters. The van der Waals surface area contributed by atoms with Crippen LogP contribution >= 0.6 is 11.6 Å². The monoisotopic (exact) mass is 402 g/mol. The summed E-state index contributed by atoms with van der Waals surface area (Å²) in [5, 5.41) is 6.09. The van der Waals surface area contributed by atoms with Gasteiger partial charge in [0.05, 0.1) is 19.9 Å². The Morgan fingerprint density at radius 3 is 2.57 bits per heavy atom. The third-order valence-corrected chi connectivity index (χ3v) is 4.23. The number of carbonyl (C=O) groups is 2. The van der Waals surface area contributed by atoms with Crippen molar-refractivity contribution in [2.75, 3.05) is 30.7 Å². The van der Waals surface area contributed by atoms with Gasteiger partial charge in [-0.15, -0.1) is 11.6 Å². The SMILES string of the molecule is COc1ccc(NC(=O)c2oc3ccccc3c2NC(=O)CCCl)c(OC)c1. The molecule has 146 valence electrons. The van der Waals surface area contributed by atoms with Crippen molar-refractivity contribution in [1.29, 1.82) is 0 Å². The number of rotatable bonds is 7. The molecule has 0 saturated carbocycles. The van der Waals surface area contributed by atoms with Crippen LogP contribution in [0.15, 0.2) is 46.9 Å². The lowest BCUT2D eigenvalue weighted by molar-refractivity contribution is -0.115. The first-order chi connectivity index (χ1) is 13.6. The Kier molecular flexibility index (Phi) is 6.06. The number of ether oxygens (including phenoxy) is 2. The molecule has 1 aromatic heterocycles. The molecule has 2 amide bonds. The number of hydrogen-bond donors (Lipinski definition) is 2. The fourth-order valence-corrected chi connectivity index (χ4v) is 2.87. The van der Waals surface area contributed by atoms with Crippen molar-refractivity contribution in [2.24, 2.45) is 0 Å². The number of fused-ring (bicyclic) bond motifs is 1. The molecule has 7 nitrogen and oxygen atoms in total. The summed E-state index contributed by atoms with van der Waals surface area (Å²) in [6.07, 6.45) is 0.119. The topological polar surface area (TPSA) is 89.8 Å². The van der Waals surface area contributed by atoms with Gasteiger partial charge in [-0.05, 0) is 24.3 Å². The first-order valence-electron chi connectivity index (χ1n) is 8.48. The van der Waals surface area contributed by atoms with Gasteiger partial charge < -0.3 is 24.5 Å². The number of alkyl halides is 1. The summed E-state index contributed by atoms with van der Waals surface area (Å²) in [4.78, 5) is 25.0. The minimum Gasteiger partial charge on any atom is -0.497 e. The summed E-state index contributed by atoms with van der Waals surface area (Å²) in [5.41, 5.74) is 1.22. The summed E-state index contributed by atoms with van der Waals surface area (Å²) in [5.74, 6) is 0.344. The zero-order valence-corrected chi connectivity index (χ0v) is 16.1. The van der Waals surface area contributed by atoms with Gasteiger partial charge in [-0.25, -0.2) is 0 Å². The second-order valence-electron chi connectivity index (χ2n) is 5.81. The molecule has 2 aromatic carbocycles. The van der Waals surface area contributed by atoms with Crippen molar-refractivity contribution in [2.45, 2.75) is 6.42 Å². The zero-order chi connectivity index (χ0) is 20.1. The number of methoxy groups -OCH3 is 2. The van der Waals surface area contributed by atoms with Gasteiger partial charge in [0.15, 0.2) is 0 Å². The maximum atomic E-state index is 12.9. The molecule has 0 saturated heterocycles. The Morgan fingerprint density at radius 2 is 1.86 bits per heavy atom. The van der Waals surface area contributed by atoms with E-state index in [1.54, 1.807) is 42.5 Å². The molecule has 0 aliphatic heterocycles. The van der Waals surface area contributed by atoms with E-state index >= 15 is 0 Å². The number of halogens is 1. The summed E-state index contributed by atoms with van der Waals surface area (Å²) in [6.45, 7) is 0. The molecule has 0 aliphatic rings. The van der Waals surface area contributed by atoms with Crippen LogP contribution in [-0.2, 0) is 4.79 Å². The van der Waals surface area contributed by atoms with Crippen molar-refractivity contribution in [3.63, 3.8) is 0 Å². The molecule has 2 N–H and O–H groups in total. The van der Waals surface area contributed by atoms with Crippen LogP contribution in [0.4, 0.5) is 11.4 Å². The predicted molar refractivity (Wildman–Crippen MR) is 108 cm³/mol. The van der Waals surface area contributed by atoms with E-state index in [2.05, 4.69) is 10.6 Å². The lowest BCUT2D eigenvalue weighted by Gasteiger charge is -2.11. The average molecular weight is 403 g/mol. The Hall–Kier alpha value is -3.19. The van der Waals surface area contributed by atoms with E-state index in [-0.39, 0.29) is 24.0 Å². The summed E-state index contributed by atoms with van der Waals surface area (Å²) < 4.78 is 16.2. The highest BCUT2D eigenvalue weighted by atomic mass is 35.5. The smallest absolute Gasteiger partial charge is 0.293 e. The summed E-state index contributed by atoms with van der Waals surface area (Å²) >= 11 is 5.63. The van der Waals surface area contributed by atoms with E-state index in [0.29, 0.717) is 33.8 Å². The Balaban J connectivity index is 1.96. The molecule has 0 aliphatic carbocycles. The molecule has 3 aromatic rings. The first kappa shape index (κ1) is 19.6. The predicted octanol–water partition coefficient (Wildman–Crippen LogP) is 4.27. The van der Waals surface area contributed by atoms with Crippen LogP contribution < -0.4 is 20.1 Å². The van der Waals surface area contributed by atoms with Gasteiger partial charge in [0, 0.05) is 23.8 Å².